The van der Waals surface area contributed by atoms with Crippen molar-refractivity contribution in [2.24, 2.45) is 0 Å². The highest BCUT2D eigenvalue weighted by molar-refractivity contribution is 5.89. The Labute approximate surface area is 208 Å². The van der Waals surface area contributed by atoms with Gasteiger partial charge in [-0.2, -0.15) is 0 Å². The molecule has 1 aliphatic rings. The first-order chi connectivity index (χ1) is 17.6. The number of hydrogen-bond acceptors (Lipinski definition) is 6. The number of anilines is 1. The summed E-state index contributed by atoms with van der Waals surface area (Å²) in [5.41, 5.74) is 0.0298. The van der Waals surface area contributed by atoms with Crippen LogP contribution in [0.5, 0.6) is 0 Å². The van der Waals surface area contributed by atoms with Crippen LogP contribution in [0.2, 0.25) is 0 Å². The zero-order valence-electron chi connectivity index (χ0n) is 19.4. The molecule has 2 aromatic heterocycles. The van der Waals surface area contributed by atoms with E-state index in [9.17, 15) is 14.3 Å². The van der Waals surface area contributed by atoms with Crippen molar-refractivity contribution in [3.63, 3.8) is 0 Å². The normalized spacial score (nSPS) is 14.5. The second-order valence-electron chi connectivity index (χ2n) is 8.58. The van der Waals surface area contributed by atoms with E-state index < -0.39 is 23.6 Å². The Hall–Kier alpha value is -4.14. The van der Waals surface area contributed by atoms with Crippen LogP contribution in [0.1, 0.15) is 22.8 Å². The molecule has 1 amide bonds. The molecule has 182 valence electrons. The van der Waals surface area contributed by atoms with Crippen LogP contribution in [0.15, 0.2) is 104 Å². The third kappa shape index (κ3) is 4.56. The second-order valence-corrected chi connectivity index (χ2v) is 8.58. The number of carbonyl (C=O) groups is 1. The Bertz CT molecular complexity index is 1250. The number of carbonyl (C=O) groups excluding carboxylic acids is 1. The SMILES string of the molecule is O=C(OC(c1ccc(F)cc1)C(O)(c1cccnc1)c1cccnc1)N(c1ccccc1)C1CNC1. The van der Waals surface area contributed by atoms with Crippen LogP contribution in [0.3, 0.4) is 0 Å². The lowest BCUT2D eigenvalue weighted by molar-refractivity contribution is -0.0584. The fourth-order valence-corrected chi connectivity index (χ4v) is 4.35. The van der Waals surface area contributed by atoms with Gasteiger partial charge in [0.25, 0.3) is 0 Å². The third-order valence-electron chi connectivity index (χ3n) is 6.33. The van der Waals surface area contributed by atoms with Gasteiger partial charge < -0.3 is 15.2 Å². The largest absolute Gasteiger partial charge is 0.437 e. The average Bonchev–Trinajstić information content (AvgIpc) is 2.91. The van der Waals surface area contributed by atoms with Gasteiger partial charge in [-0.05, 0) is 42.0 Å². The molecular weight excluding hydrogens is 459 g/mol. The Kier molecular flexibility index (Phi) is 6.71. The van der Waals surface area contributed by atoms with E-state index in [1.807, 2.05) is 30.3 Å². The third-order valence-corrected chi connectivity index (χ3v) is 6.33. The van der Waals surface area contributed by atoms with Crippen molar-refractivity contribution in [2.45, 2.75) is 17.7 Å². The van der Waals surface area contributed by atoms with E-state index in [2.05, 4.69) is 15.3 Å². The first-order valence-electron chi connectivity index (χ1n) is 11.6. The molecule has 36 heavy (non-hydrogen) atoms. The summed E-state index contributed by atoms with van der Waals surface area (Å²) in [4.78, 5) is 23.7. The molecular formula is C28H25FN4O3. The van der Waals surface area contributed by atoms with Gasteiger partial charge in [-0.3, -0.25) is 14.9 Å². The van der Waals surface area contributed by atoms with Crippen molar-refractivity contribution in [3.8, 4) is 0 Å². The standard InChI is InChI=1S/C28H25FN4O3/c29-23-12-10-20(11-13-23)26(28(35,21-6-4-14-30-16-21)22-7-5-15-31-17-22)36-27(34)33(25-18-32-19-25)24-8-2-1-3-9-24/h1-17,25-26,32,35H,18-19H2. The Balaban J connectivity index is 1.62. The molecule has 0 bridgehead atoms. The predicted octanol–water partition coefficient (Wildman–Crippen LogP) is 4.21. The summed E-state index contributed by atoms with van der Waals surface area (Å²) in [7, 11) is 0. The lowest BCUT2D eigenvalue weighted by atomic mass is 9.80. The van der Waals surface area contributed by atoms with E-state index in [4.69, 9.17) is 4.74 Å². The molecule has 0 aliphatic carbocycles. The summed E-state index contributed by atoms with van der Waals surface area (Å²) in [5.74, 6) is -0.443. The molecule has 2 N–H and O–H groups in total. The minimum absolute atomic E-state index is 0.112. The molecule has 5 rings (SSSR count). The molecule has 4 aromatic rings. The minimum atomic E-state index is -1.86. The van der Waals surface area contributed by atoms with Gasteiger partial charge in [-0.1, -0.05) is 42.5 Å². The number of para-hydroxylation sites is 1. The maximum Gasteiger partial charge on any atom is 0.415 e. The van der Waals surface area contributed by atoms with Crippen LogP contribution in [0.25, 0.3) is 0 Å². The van der Waals surface area contributed by atoms with E-state index in [1.54, 1.807) is 41.6 Å². The Morgan fingerprint density at radius 2 is 1.56 bits per heavy atom. The van der Waals surface area contributed by atoms with E-state index in [0.29, 0.717) is 35.5 Å². The topological polar surface area (TPSA) is 87.6 Å². The number of benzene rings is 2. The molecule has 1 unspecified atom stereocenters. The molecule has 1 fully saturated rings. The molecule has 1 aliphatic heterocycles. The van der Waals surface area contributed by atoms with Crippen LogP contribution in [-0.2, 0) is 10.3 Å². The van der Waals surface area contributed by atoms with Crippen LogP contribution >= 0.6 is 0 Å². The van der Waals surface area contributed by atoms with Gasteiger partial charge in [-0.25, -0.2) is 9.18 Å². The van der Waals surface area contributed by atoms with Gasteiger partial charge in [0, 0.05) is 54.7 Å². The maximum absolute atomic E-state index is 13.9. The number of amides is 1. The van der Waals surface area contributed by atoms with Crippen LogP contribution in [-0.4, -0.2) is 40.3 Å². The second kappa shape index (κ2) is 10.2. The van der Waals surface area contributed by atoms with Gasteiger partial charge >= 0.3 is 6.09 Å². The molecule has 2 aromatic carbocycles. The monoisotopic (exact) mass is 484 g/mol. The Morgan fingerprint density at radius 3 is 2.06 bits per heavy atom. The quantitative estimate of drug-likeness (QED) is 0.409. The van der Waals surface area contributed by atoms with Crippen molar-refractivity contribution in [1.82, 2.24) is 15.3 Å². The number of hydrogen-bond donors (Lipinski definition) is 2. The zero-order valence-corrected chi connectivity index (χ0v) is 19.4. The van der Waals surface area contributed by atoms with Crippen molar-refractivity contribution in [1.29, 1.82) is 0 Å². The summed E-state index contributed by atoms with van der Waals surface area (Å²) >= 11 is 0. The summed E-state index contributed by atoms with van der Waals surface area (Å²) in [5, 5.41) is 15.5. The molecule has 1 saturated heterocycles. The first kappa shape index (κ1) is 23.6. The number of aliphatic hydroxyl groups is 1. The number of nitrogens with zero attached hydrogens (tertiary/aromatic N) is 3. The van der Waals surface area contributed by atoms with Crippen LogP contribution in [0, 0.1) is 5.82 Å². The fourth-order valence-electron chi connectivity index (χ4n) is 4.35. The van der Waals surface area contributed by atoms with E-state index in [0.717, 1.165) is 0 Å². The molecule has 3 heterocycles. The minimum Gasteiger partial charge on any atom is -0.437 e. The summed E-state index contributed by atoms with van der Waals surface area (Å²) in [6.07, 6.45) is 4.34. The summed E-state index contributed by atoms with van der Waals surface area (Å²) in [6, 6.07) is 21.5. The fraction of sp³-hybridized carbons (Fsp3) is 0.179. The van der Waals surface area contributed by atoms with Crippen molar-refractivity contribution < 1.29 is 19.0 Å². The van der Waals surface area contributed by atoms with Crippen LogP contribution in [0.4, 0.5) is 14.9 Å². The molecule has 0 radical (unpaired) electrons. The highest BCUT2D eigenvalue weighted by atomic mass is 19.1. The van der Waals surface area contributed by atoms with Crippen molar-refractivity contribution >= 4 is 11.8 Å². The van der Waals surface area contributed by atoms with E-state index in [-0.39, 0.29) is 6.04 Å². The maximum atomic E-state index is 13.9. The van der Waals surface area contributed by atoms with Gasteiger partial charge in [0.2, 0.25) is 0 Å². The molecule has 7 nitrogen and oxygen atoms in total. The van der Waals surface area contributed by atoms with Crippen LogP contribution < -0.4 is 10.2 Å². The van der Waals surface area contributed by atoms with Gasteiger partial charge in [-0.15, -0.1) is 0 Å². The first-order valence-corrected chi connectivity index (χ1v) is 11.6. The molecule has 1 atom stereocenters. The molecule has 0 saturated carbocycles. The Morgan fingerprint density at radius 1 is 0.944 bits per heavy atom. The summed E-state index contributed by atoms with van der Waals surface area (Å²) in [6.45, 7) is 1.22. The smallest absolute Gasteiger partial charge is 0.415 e. The van der Waals surface area contributed by atoms with E-state index >= 15 is 0 Å². The number of aromatic nitrogens is 2. The lowest BCUT2D eigenvalue weighted by Gasteiger charge is -2.41. The number of rotatable bonds is 7. The van der Waals surface area contributed by atoms with Crippen molar-refractivity contribution in [2.75, 3.05) is 18.0 Å². The highest BCUT2D eigenvalue weighted by Crippen LogP contribution is 2.43. The molecule has 0 spiro atoms. The van der Waals surface area contributed by atoms with Gasteiger partial charge in [0.05, 0.1) is 6.04 Å². The number of nitrogens with one attached hydrogen (secondary N) is 1. The number of ether oxygens (including phenoxy) is 1. The summed E-state index contributed by atoms with van der Waals surface area (Å²) < 4.78 is 20.0. The lowest BCUT2D eigenvalue weighted by Crippen LogP contribution is -2.59. The predicted molar refractivity (Wildman–Crippen MR) is 133 cm³/mol. The highest BCUT2D eigenvalue weighted by Gasteiger charge is 2.46. The van der Waals surface area contributed by atoms with E-state index in [1.165, 1.54) is 36.7 Å². The molecule has 8 heteroatoms. The average molecular weight is 485 g/mol. The van der Waals surface area contributed by atoms with Crippen molar-refractivity contribution in [3.05, 3.63) is 126 Å². The van der Waals surface area contributed by atoms with Gasteiger partial charge in [0.15, 0.2) is 11.7 Å². The zero-order chi connectivity index (χ0) is 25.0. The number of pyridine rings is 2. The number of halogens is 1. The van der Waals surface area contributed by atoms with Gasteiger partial charge in [0.1, 0.15) is 5.82 Å².